The number of rotatable bonds is 2. The summed E-state index contributed by atoms with van der Waals surface area (Å²) < 4.78 is 0. The molecule has 0 saturated carbocycles. The Bertz CT molecular complexity index is 687. The highest BCUT2D eigenvalue weighted by molar-refractivity contribution is 5.77. The van der Waals surface area contributed by atoms with Crippen LogP contribution in [0, 0.1) is 0 Å². The van der Waals surface area contributed by atoms with Gasteiger partial charge < -0.3 is 10.6 Å². The Hall–Kier alpha value is -1.80. The summed E-state index contributed by atoms with van der Waals surface area (Å²) in [7, 11) is 0. The second-order valence-electron chi connectivity index (χ2n) is 7.23. The standard InChI is InChI=1S/C21H26N2/c1-14(2)15-6-8-16(9-7-15)17-4-3-5-20-21(17)18-10-12-22-13-11-19(18)23-20/h3-9,14,18-19,22-23H,10-13H2,1-2H3/t18-,19+/m1/s1. The Balaban J connectivity index is 1.75. The van der Waals surface area contributed by atoms with Crippen molar-refractivity contribution in [1.82, 2.24) is 5.32 Å². The Morgan fingerprint density at radius 1 is 0.957 bits per heavy atom. The summed E-state index contributed by atoms with van der Waals surface area (Å²) in [5.74, 6) is 1.23. The zero-order valence-electron chi connectivity index (χ0n) is 14.1. The number of benzene rings is 2. The van der Waals surface area contributed by atoms with Gasteiger partial charge in [-0.3, -0.25) is 0 Å². The van der Waals surface area contributed by atoms with Gasteiger partial charge in [0.15, 0.2) is 0 Å². The van der Waals surface area contributed by atoms with Gasteiger partial charge >= 0.3 is 0 Å². The first kappa shape index (κ1) is 14.8. The second kappa shape index (κ2) is 6.01. The van der Waals surface area contributed by atoms with Crippen molar-refractivity contribution < 1.29 is 0 Å². The lowest BCUT2D eigenvalue weighted by Gasteiger charge is -2.18. The van der Waals surface area contributed by atoms with Crippen molar-refractivity contribution in [2.75, 3.05) is 18.4 Å². The summed E-state index contributed by atoms with van der Waals surface area (Å²) in [4.78, 5) is 0. The molecule has 0 amide bonds. The SMILES string of the molecule is CC(C)c1ccc(-c2cccc3c2[C@@H]2CCNCC[C@@H]2N3)cc1. The van der Waals surface area contributed by atoms with Gasteiger partial charge in [-0.25, -0.2) is 0 Å². The summed E-state index contributed by atoms with van der Waals surface area (Å²) >= 11 is 0. The van der Waals surface area contributed by atoms with Crippen LogP contribution in [-0.2, 0) is 0 Å². The molecule has 2 nitrogen and oxygen atoms in total. The topological polar surface area (TPSA) is 24.1 Å². The third kappa shape index (κ3) is 2.66. The first-order valence-corrected chi connectivity index (χ1v) is 8.94. The molecule has 4 rings (SSSR count). The molecule has 2 aromatic carbocycles. The van der Waals surface area contributed by atoms with E-state index in [9.17, 15) is 0 Å². The number of anilines is 1. The first-order chi connectivity index (χ1) is 11.2. The number of nitrogens with one attached hydrogen (secondary N) is 2. The summed E-state index contributed by atoms with van der Waals surface area (Å²) in [5, 5.41) is 7.32. The van der Waals surface area contributed by atoms with E-state index < -0.39 is 0 Å². The average Bonchev–Trinajstić information content (AvgIpc) is 2.76. The summed E-state index contributed by atoms with van der Waals surface area (Å²) in [6.07, 6.45) is 2.44. The predicted octanol–water partition coefficient (Wildman–Crippen LogP) is 4.74. The number of hydrogen-bond acceptors (Lipinski definition) is 2. The van der Waals surface area contributed by atoms with Gasteiger partial charge in [-0.2, -0.15) is 0 Å². The molecule has 0 spiro atoms. The zero-order chi connectivity index (χ0) is 15.8. The molecule has 2 aliphatic rings. The third-order valence-corrected chi connectivity index (χ3v) is 5.46. The van der Waals surface area contributed by atoms with E-state index in [1.165, 1.54) is 35.2 Å². The Labute approximate surface area is 139 Å². The quantitative estimate of drug-likeness (QED) is 0.837. The molecule has 0 aromatic heterocycles. The monoisotopic (exact) mass is 306 g/mol. The van der Waals surface area contributed by atoms with Gasteiger partial charge in [-0.05, 0) is 60.2 Å². The Kier molecular flexibility index (Phi) is 3.86. The van der Waals surface area contributed by atoms with Crippen molar-refractivity contribution in [2.24, 2.45) is 0 Å². The minimum absolute atomic E-state index is 0.588. The van der Waals surface area contributed by atoms with Crippen LogP contribution in [0.5, 0.6) is 0 Å². The molecule has 2 aliphatic heterocycles. The molecule has 0 unspecified atom stereocenters. The van der Waals surface area contributed by atoms with Crippen LogP contribution < -0.4 is 10.6 Å². The normalized spacial score (nSPS) is 23.1. The van der Waals surface area contributed by atoms with Gasteiger partial charge in [0.25, 0.3) is 0 Å². The molecule has 1 fully saturated rings. The van der Waals surface area contributed by atoms with Gasteiger partial charge in [0.1, 0.15) is 0 Å². The molecule has 0 aliphatic carbocycles. The van der Waals surface area contributed by atoms with Crippen molar-refractivity contribution >= 4 is 5.69 Å². The Morgan fingerprint density at radius 3 is 2.52 bits per heavy atom. The molecule has 2 heterocycles. The molecule has 2 aromatic rings. The van der Waals surface area contributed by atoms with Crippen molar-refractivity contribution in [3.05, 3.63) is 53.6 Å². The minimum Gasteiger partial charge on any atom is -0.381 e. The number of hydrogen-bond donors (Lipinski definition) is 2. The van der Waals surface area contributed by atoms with Gasteiger partial charge in [0.2, 0.25) is 0 Å². The summed E-state index contributed by atoms with van der Waals surface area (Å²) in [5.41, 5.74) is 7.08. The van der Waals surface area contributed by atoms with Crippen molar-refractivity contribution in [3.8, 4) is 11.1 Å². The highest BCUT2D eigenvalue weighted by atomic mass is 15.0. The smallest absolute Gasteiger partial charge is 0.0384 e. The fourth-order valence-corrected chi connectivity index (χ4v) is 4.15. The van der Waals surface area contributed by atoms with Crippen LogP contribution in [0.2, 0.25) is 0 Å². The maximum absolute atomic E-state index is 3.78. The first-order valence-electron chi connectivity index (χ1n) is 8.94. The van der Waals surface area contributed by atoms with Crippen LogP contribution >= 0.6 is 0 Å². The molecular weight excluding hydrogens is 280 g/mol. The summed E-state index contributed by atoms with van der Waals surface area (Å²) in [6, 6.07) is 16.5. The molecule has 0 bridgehead atoms. The zero-order valence-corrected chi connectivity index (χ0v) is 14.1. The fourth-order valence-electron chi connectivity index (χ4n) is 4.15. The van der Waals surface area contributed by atoms with E-state index in [0.29, 0.717) is 17.9 Å². The maximum Gasteiger partial charge on any atom is 0.0384 e. The van der Waals surface area contributed by atoms with Crippen molar-refractivity contribution in [1.29, 1.82) is 0 Å². The Morgan fingerprint density at radius 2 is 1.74 bits per heavy atom. The lowest BCUT2D eigenvalue weighted by Crippen LogP contribution is -2.21. The van der Waals surface area contributed by atoms with E-state index in [-0.39, 0.29) is 0 Å². The highest BCUT2D eigenvalue weighted by Gasteiger charge is 2.34. The highest BCUT2D eigenvalue weighted by Crippen LogP contribution is 2.45. The molecule has 2 N–H and O–H groups in total. The molecule has 120 valence electrons. The molecule has 2 atom stereocenters. The van der Waals surface area contributed by atoms with Crippen molar-refractivity contribution in [3.63, 3.8) is 0 Å². The van der Waals surface area contributed by atoms with Gasteiger partial charge in [-0.1, -0.05) is 50.2 Å². The van der Waals surface area contributed by atoms with Crippen LogP contribution in [0.4, 0.5) is 5.69 Å². The van der Waals surface area contributed by atoms with Gasteiger partial charge in [0.05, 0.1) is 0 Å². The van der Waals surface area contributed by atoms with Crippen LogP contribution in [0.25, 0.3) is 11.1 Å². The van der Waals surface area contributed by atoms with E-state index in [4.69, 9.17) is 0 Å². The lowest BCUT2D eigenvalue weighted by molar-refractivity contribution is 0.579. The van der Waals surface area contributed by atoms with Crippen LogP contribution in [0.15, 0.2) is 42.5 Å². The van der Waals surface area contributed by atoms with E-state index in [2.05, 4.69) is 66.9 Å². The average molecular weight is 306 g/mol. The molecular formula is C21H26N2. The van der Waals surface area contributed by atoms with E-state index >= 15 is 0 Å². The largest absolute Gasteiger partial charge is 0.381 e. The van der Waals surface area contributed by atoms with Gasteiger partial charge in [-0.15, -0.1) is 0 Å². The predicted molar refractivity (Wildman–Crippen MR) is 98.2 cm³/mol. The fraction of sp³-hybridized carbons (Fsp3) is 0.429. The maximum atomic E-state index is 3.78. The lowest BCUT2D eigenvalue weighted by atomic mass is 9.85. The molecule has 1 saturated heterocycles. The van der Waals surface area contributed by atoms with Crippen LogP contribution in [0.1, 0.15) is 49.7 Å². The third-order valence-electron chi connectivity index (χ3n) is 5.46. The second-order valence-corrected chi connectivity index (χ2v) is 7.23. The van der Waals surface area contributed by atoms with Gasteiger partial charge in [0, 0.05) is 17.6 Å². The number of fused-ring (bicyclic) bond motifs is 3. The van der Waals surface area contributed by atoms with Crippen LogP contribution in [0.3, 0.4) is 0 Å². The summed E-state index contributed by atoms with van der Waals surface area (Å²) in [6.45, 7) is 6.76. The van der Waals surface area contributed by atoms with Crippen molar-refractivity contribution in [2.45, 2.75) is 44.6 Å². The minimum atomic E-state index is 0.588. The van der Waals surface area contributed by atoms with E-state index in [1.54, 1.807) is 5.56 Å². The molecule has 23 heavy (non-hydrogen) atoms. The molecule has 0 radical (unpaired) electrons. The van der Waals surface area contributed by atoms with E-state index in [1.807, 2.05) is 0 Å². The van der Waals surface area contributed by atoms with E-state index in [0.717, 1.165) is 13.1 Å². The molecule has 2 heteroatoms. The van der Waals surface area contributed by atoms with Crippen LogP contribution in [-0.4, -0.2) is 19.1 Å².